The van der Waals surface area contributed by atoms with E-state index in [0.29, 0.717) is 5.56 Å². The molecule has 3 heterocycles. The lowest BCUT2D eigenvalue weighted by Crippen LogP contribution is -2.38. The summed E-state index contributed by atoms with van der Waals surface area (Å²) in [4.78, 5) is 16.2. The number of nitrogens with one attached hydrogen (secondary N) is 2. The van der Waals surface area contributed by atoms with Crippen LogP contribution >= 0.6 is 49.9 Å². The summed E-state index contributed by atoms with van der Waals surface area (Å²) in [5.41, 5.74) is 2.62. The van der Waals surface area contributed by atoms with Gasteiger partial charge in [-0.15, -0.1) is 11.3 Å². The Morgan fingerprint density at radius 2 is 2.21 bits per heavy atom. The highest BCUT2D eigenvalue weighted by molar-refractivity contribution is 14.1. The molecule has 1 amide bonds. The smallest absolute Gasteiger partial charge is 0.256 e. The third kappa shape index (κ3) is 2.73. The number of hydrogen-bond acceptors (Lipinski definition) is 5. The van der Waals surface area contributed by atoms with Gasteiger partial charge in [0.15, 0.2) is 0 Å². The minimum absolute atomic E-state index is 0.0646. The zero-order chi connectivity index (χ0) is 17.0. The average Bonchev–Trinajstić information content (AvgIpc) is 2.88. The second-order valence-electron chi connectivity index (χ2n) is 6.07. The molecule has 1 aromatic carbocycles. The Bertz CT molecular complexity index is 854. The number of benzene rings is 1. The van der Waals surface area contributed by atoms with Crippen molar-refractivity contribution in [3.63, 3.8) is 0 Å². The van der Waals surface area contributed by atoms with Crippen molar-refractivity contribution in [3.05, 3.63) is 41.7 Å². The van der Waals surface area contributed by atoms with E-state index in [1.807, 2.05) is 12.1 Å². The predicted molar refractivity (Wildman–Crippen MR) is 107 cm³/mol. The van der Waals surface area contributed by atoms with Gasteiger partial charge in [0.05, 0.1) is 9.13 Å². The van der Waals surface area contributed by atoms with Gasteiger partial charge < -0.3 is 20.6 Å². The van der Waals surface area contributed by atoms with E-state index in [9.17, 15) is 9.90 Å². The molecule has 0 saturated heterocycles. The molecule has 2 aliphatic rings. The molecule has 2 aliphatic heterocycles. The number of fused-ring (bicyclic) bond motifs is 3. The number of phenolic OH excluding ortho intramolecular Hbond substituents is 1. The van der Waals surface area contributed by atoms with Crippen LogP contribution in [0, 0.1) is 3.57 Å². The van der Waals surface area contributed by atoms with E-state index < -0.39 is 6.17 Å². The van der Waals surface area contributed by atoms with Crippen molar-refractivity contribution in [2.75, 3.05) is 18.9 Å². The Morgan fingerprint density at radius 1 is 1.42 bits per heavy atom. The van der Waals surface area contributed by atoms with Gasteiger partial charge in [-0.1, -0.05) is 15.9 Å². The molecule has 0 saturated carbocycles. The molecule has 1 atom stereocenters. The normalized spacial score (nSPS) is 20.1. The maximum absolute atomic E-state index is 12.7. The van der Waals surface area contributed by atoms with E-state index in [1.165, 1.54) is 10.4 Å². The Kier molecular flexibility index (Phi) is 4.26. The SMILES string of the molecule is CN1CCc2c(sc3c2C(=O)N[C@H](c2cc(Br)cc(I)c2O)N3)C1. The molecule has 24 heavy (non-hydrogen) atoms. The van der Waals surface area contributed by atoms with Gasteiger partial charge in [-0.05, 0) is 53.8 Å². The number of hydrogen-bond donors (Lipinski definition) is 3. The molecule has 0 unspecified atom stereocenters. The van der Waals surface area contributed by atoms with Gasteiger partial charge in [0.25, 0.3) is 5.91 Å². The lowest BCUT2D eigenvalue weighted by atomic mass is 10.0. The molecular formula is C16H15BrIN3O2S. The summed E-state index contributed by atoms with van der Waals surface area (Å²) in [7, 11) is 2.10. The number of likely N-dealkylation sites (N-methyl/N-ethyl adjacent to an activating group) is 1. The molecule has 0 spiro atoms. The van der Waals surface area contributed by atoms with Crippen LogP contribution < -0.4 is 10.6 Å². The summed E-state index contributed by atoms with van der Waals surface area (Å²) in [6, 6.07) is 3.68. The van der Waals surface area contributed by atoms with Gasteiger partial charge >= 0.3 is 0 Å². The summed E-state index contributed by atoms with van der Waals surface area (Å²) in [5.74, 6) is 0.131. The van der Waals surface area contributed by atoms with Crippen molar-refractivity contribution in [2.24, 2.45) is 0 Å². The number of carbonyl (C=O) groups is 1. The van der Waals surface area contributed by atoms with Crippen LogP contribution in [0.25, 0.3) is 0 Å². The molecule has 1 aromatic heterocycles. The number of rotatable bonds is 1. The first-order valence-corrected chi connectivity index (χ1v) is 10.2. The van der Waals surface area contributed by atoms with E-state index in [4.69, 9.17) is 0 Å². The van der Waals surface area contributed by atoms with Gasteiger partial charge in [-0.2, -0.15) is 0 Å². The van der Waals surface area contributed by atoms with Gasteiger partial charge in [0.2, 0.25) is 0 Å². The van der Waals surface area contributed by atoms with Gasteiger partial charge in [0.1, 0.15) is 16.9 Å². The number of carbonyl (C=O) groups excluding carboxylic acids is 1. The van der Waals surface area contributed by atoms with E-state index in [2.05, 4.69) is 61.1 Å². The minimum atomic E-state index is -0.436. The Balaban J connectivity index is 1.74. The van der Waals surface area contributed by atoms with Crippen molar-refractivity contribution in [1.29, 1.82) is 0 Å². The second kappa shape index (κ2) is 6.15. The average molecular weight is 520 g/mol. The summed E-state index contributed by atoms with van der Waals surface area (Å²) < 4.78 is 1.61. The van der Waals surface area contributed by atoms with E-state index in [1.54, 1.807) is 11.3 Å². The standard InChI is InChI=1S/C16H15BrIN3O2S/c1-21-3-2-8-11(6-21)24-16-12(8)15(23)19-14(20-16)9-4-7(17)5-10(18)13(9)22/h4-5,14,20,22H,2-3,6H2,1H3,(H,19,23)/t14-/m0/s1. The topological polar surface area (TPSA) is 64.6 Å². The second-order valence-corrected chi connectivity index (χ2v) is 9.25. The molecule has 0 bridgehead atoms. The van der Waals surface area contributed by atoms with Crippen LogP contribution in [-0.4, -0.2) is 29.5 Å². The van der Waals surface area contributed by atoms with Gasteiger partial charge in [-0.25, -0.2) is 0 Å². The van der Waals surface area contributed by atoms with Crippen molar-refractivity contribution < 1.29 is 9.90 Å². The van der Waals surface area contributed by atoms with Crippen molar-refractivity contribution in [1.82, 2.24) is 10.2 Å². The Hall–Kier alpha value is -0.840. The Morgan fingerprint density at radius 3 is 3.00 bits per heavy atom. The number of halogens is 2. The quantitative estimate of drug-likeness (QED) is 0.503. The first-order valence-electron chi connectivity index (χ1n) is 7.52. The molecule has 3 N–H and O–H groups in total. The van der Waals surface area contributed by atoms with Crippen LogP contribution in [0.1, 0.15) is 32.5 Å². The largest absolute Gasteiger partial charge is 0.506 e. The minimum Gasteiger partial charge on any atom is -0.506 e. The predicted octanol–water partition coefficient (Wildman–Crippen LogP) is 3.66. The van der Waals surface area contributed by atoms with Crippen molar-refractivity contribution in [3.8, 4) is 5.75 Å². The number of anilines is 1. The summed E-state index contributed by atoms with van der Waals surface area (Å²) in [6.45, 7) is 1.85. The Labute approximate surface area is 165 Å². The first-order chi connectivity index (χ1) is 11.4. The number of amides is 1. The van der Waals surface area contributed by atoms with Crippen LogP contribution in [0.3, 0.4) is 0 Å². The maximum Gasteiger partial charge on any atom is 0.256 e. The lowest BCUT2D eigenvalue weighted by Gasteiger charge is -2.28. The molecule has 4 rings (SSSR count). The molecule has 0 fully saturated rings. The van der Waals surface area contributed by atoms with E-state index in [0.717, 1.165) is 38.1 Å². The zero-order valence-corrected chi connectivity index (χ0v) is 17.4. The number of nitrogens with zero attached hydrogens (tertiary/aromatic N) is 1. The molecule has 126 valence electrons. The fourth-order valence-corrected chi connectivity index (χ4v) is 6.11. The third-order valence-corrected chi connectivity index (χ3v) is 6.82. The molecule has 2 aromatic rings. The number of phenols is 1. The van der Waals surface area contributed by atoms with Crippen LogP contribution in [0.5, 0.6) is 5.75 Å². The van der Waals surface area contributed by atoms with Crippen molar-refractivity contribution in [2.45, 2.75) is 19.1 Å². The fourth-order valence-electron chi connectivity index (χ4n) is 3.20. The van der Waals surface area contributed by atoms with Gasteiger partial charge in [-0.3, -0.25) is 4.79 Å². The first kappa shape index (κ1) is 16.6. The number of thiophene rings is 1. The molecule has 0 aliphatic carbocycles. The highest BCUT2D eigenvalue weighted by Crippen LogP contribution is 2.42. The fraction of sp³-hybridized carbons (Fsp3) is 0.312. The number of aromatic hydroxyl groups is 1. The third-order valence-electron chi connectivity index (χ3n) is 4.39. The lowest BCUT2D eigenvalue weighted by molar-refractivity contribution is 0.0934. The molecule has 8 heteroatoms. The van der Waals surface area contributed by atoms with Crippen LogP contribution in [0.2, 0.25) is 0 Å². The monoisotopic (exact) mass is 519 g/mol. The maximum atomic E-state index is 12.7. The zero-order valence-electron chi connectivity index (χ0n) is 12.8. The molecule has 5 nitrogen and oxygen atoms in total. The molecular weight excluding hydrogens is 505 g/mol. The highest BCUT2D eigenvalue weighted by Gasteiger charge is 2.33. The summed E-state index contributed by atoms with van der Waals surface area (Å²) in [5, 5.41) is 17.7. The van der Waals surface area contributed by atoms with E-state index in [-0.39, 0.29) is 11.7 Å². The molecule has 0 radical (unpaired) electrons. The van der Waals surface area contributed by atoms with Crippen LogP contribution in [0.4, 0.5) is 5.00 Å². The van der Waals surface area contributed by atoms with Crippen LogP contribution in [-0.2, 0) is 13.0 Å². The summed E-state index contributed by atoms with van der Waals surface area (Å²) in [6.07, 6.45) is 0.464. The van der Waals surface area contributed by atoms with Gasteiger partial charge in [0, 0.05) is 28.0 Å². The summed E-state index contributed by atoms with van der Waals surface area (Å²) >= 11 is 7.19. The van der Waals surface area contributed by atoms with Crippen LogP contribution in [0.15, 0.2) is 16.6 Å². The van der Waals surface area contributed by atoms with E-state index >= 15 is 0 Å². The van der Waals surface area contributed by atoms with Crippen molar-refractivity contribution >= 4 is 60.8 Å². The highest BCUT2D eigenvalue weighted by atomic mass is 127.